The Labute approximate surface area is 192 Å². The molecular weight excluding hydrogens is 394 g/mol. The second kappa shape index (κ2) is 10.5. The Morgan fingerprint density at radius 3 is 2.62 bits per heavy atom. The highest BCUT2D eigenvalue weighted by Crippen LogP contribution is 2.34. The summed E-state index contributed by atoms with van der Waals surface area (Å²) in [7, 11) is 1.69. The first-order valence-corrected chi connectivity index (χ1v) is 11.3. The van der Waals surface area contributed by atoms with Gasteiger partial charge in [0, 0.05) is 17.5 Å². The summed E-state index contributed by atoms with van der Waals surface area (Å²) in [6, 6.07) is 12.6. The van der Waals surface area contributed by atoms with Crippen molar-refractivity contribution in [1.29, 1.82) is 0 Å². The second-order valence-electron chi connectivity index (χ2n) is 8.66. The maximum absolute atomic E-state index is 5.37. The zero-order chi connectivity index (χ0) is 23.1. The summed E-state index contributed by atoms with van der Waals surface area (Å²) < 4.78 is 5.37. The Morgan fingerprint density at radius 2 is 1.94 bits per heavy atom. The smallest absolute Gasteiger partial charge is 0.119 e. The van der Waals surface area contributed by atoms with Crippen LogP contribution in [-0.4, -0.2) is 30.2 Å². The Bertz CT molecular complexity index is 1130. The Morgan fingerprint density at radius 1 is 1.19 bits per heavy atom. The van der Waals surface area contributed by atoms with Crippen LogP contribution in [0, 0.1) is 0 Å². The number of nitrogens with zero attached hydrogens (tertiary/aromatic N) is 1. The van der Waals surface area contributed by atoms with Gasteiger partial charge in [-0.25, -0.2) is 4.98 Å². The van der Waals surface area contributed by atoms with Crippen LogP contribution in [0.4, 0.5) is 0 Å². The largest absolute Gasteiger partial charge is 0.497 e. The molecule has 0 spiro atoms. The summed E-state index contributed by atoms with van der Waals surface area (Å²) in [5.41, 5.74) is 3.96. The van der Waals surface area contributed by atoms with Gasteiger partial charge < -0.3 is 15.0 Å². The molecule has 168 valence electrons. The van der Waals surface area contributed by atoms with Crippen LogP contribution in [0.5, 0.6) is 5.75 Å². The number of nitrogens with one attached hydrogen (secondary N) is 2. The van der Waals surface area contributed by atoms with Gasteiger partial charge >= 0.3 is 0 Å². The lowest BCUT2D eigenvalue weighted by Crippen LogP contribution is -2.34. The number of aromatic nitrogens is 2. The van der Waals surface area contributed by atoms with Gasteiger partial charge in [0.2, 0.25) is 0 Å². The van der Waals surface area contributed by atoms with Gasteiger partial charge in [0.15, 0.2) is 0 Å². The van der Waals surface area contributed by atoms with Gasteiger partial charge in [-0.1, -0.05) is 69.9 Å². The number of imidazole rings is 1. The van der Waals surface area contributed by atoms with Gasteiger partial charge in [-0.05, 0) is 54.4 Å². The molecule has 32 heavy (non-hydrogen) atoms. The van der Waals surface area contributed by atoms with Gasteiger partial charge in [0.05, 0.1) is 18.5 Å². The number of H-pyrrole nitrogens is 1. The van der Waals surface area contributed by atoms with E-state index in [2.05, 4.69) is 74.1 Å². The molecule has 0 atom stereocenters. The molecule has 3 aromatic rings. The van der Waals surface area contributed by atoms with Crippen LogP contribution in [0.1, 0.15) is 45.6 Å². The lowest BCUT2D eigenvalue weighted by atomic mass is 9.92. The average molecular weight is 430 g/mol. The summed E-state index contributed by atoms with van der Waals surface area (Å²) in [6.07, 6.45) is 9.09. The van der Waals surface area contributed by atoms with E-state index in [0.717, 1.165) is 64.4 Å². The fraction of sp³-hybridized carbons (Fsp3) is 0.321. The average Bonchev–Trinajstić information content (AvgIpc) is 3.25. The van der Waals surface area contributed by atoms with Crippen molar-refractivity contribution in [3.8, 4) is 17.0 Å². The van der Waals surface area contributed by atoms with Crippen LogP contribution in [0.2, 0.25) is 0 Å². The van der Waals surface area contributed by atoms with Gasteiger partial charge in [0.25, 0.3) is 0 Å². The van der Waals surface area contributed by atoms with Crippen LogP contribution >= 0.6 is 0 Å². The Kier molecular flexibility index (Phi) is 7.70. The maximum atomic E-state index is 5.37. The SMILES string of the molecule is C=C/C=C(\C=C/C)c1[nH]c(C(C)(C)CNCCC)nc1-c1ccc2cc(OC)ccc2c1. The van der Waals surface area contributed by atoms with Crippen LogP contribution < -0.4 is 10.1 Å². The quantitative estimate of drug-likeness (QED) is 0.280. The van der Waals surface area contributed by atoms with E-state index in [4.69, 9.17) is 9.72 Å². The van der Waals surface area contributed by atoms with E-state index in [-0.39, 0.29) is 5.41 Å². The normalized spacial score (nSPS) is 12.6. The molecule has 4 nitrogen and oxygen atoms in total. The Balaban J connectivity index is 2.14. The van der Waals surface area contributed by atoms with Crippen molar-refractivity contribution in [3.05, 3.63) is 78.8 Å². The molecule has 4 heteroatoms. The van der Waals surface area contributed by atoms with Gasteiger partial charge in [-0.3, -0.25) is 0 Å². The van der Waals surface area contributed by atoms with Gasteiger partial charge in [-0.2, -0.15) is 0 Å². The molecule has 0 aliphatic rings. The molecular formula is C28H35N3O. The van der Waals surface area contributed by atoms with Crippen molar-refractivity contribution >= 4 is 16.3 Å². The lowest BCUT2D eigenvalue weighted by Gasteiger charge is -2.22. The van der Waals surface area contributed by atoms with Crippen LogP contribution in [0.15, 0.2) is 67.3 Å². The number of rotatable bonds is 10. The predicted octanol–water partition coefficient (Wildman–Crippen LogP) is 6.66. The van der Waals surface area contributed by atoms with Crippen molar-refractivity contribution in [2.75, 3.05) is 20.2 Å². The van der Waals surface area contributed by atoms with E-state index >= 15 is 0 Å². The number of allylic oxidation sites excluding steroid dienone is 5. The topological polar surface area (TPSA) is 49.9 Å². The highest BCUT2D eigenvalue weighted by atomic mass is 16.5. The molecule has 0 bridgehead atoms. The third-order valence-electron chi connectivity index (χ3n) is 5.59. The van der Waals surface area contributed by atoms with Crippen molar-refractivity contribution in [2.24, 2.45) is 0 Å². The van der Waals surface area contributed by atoms with E-state index in [0.29, 0.717) is 0 Å². The van der Waals surface area contributed by atoms with Crippen molar-refractivity contribution < 1.29 is 4.74 Å². The summed E-state index contributed by atoms with van der Waals surface area (Å²) in [4.78, 5) is 8.77. The van der Waals surface area contributed by atoms with E-state index in [1.807, 2.05) is 31.2 Å². The third-order valence-corrected chi connectivity index (χ3v) is 5.59. The molecule has 3 rings (SSSR count). The van der Waals surface area contributed by atoms with E-state index in [1.54, 1.807) is 7.11 Å². The number of hydrogen-bond donors (Lipinski definition) is 2. The van der Waals surface area contributed by atoms with Crippen LogP contribution in [0.25, 0.3) is 27.6 Å². The van der Waals surface area contributed by atoms with E-state index in [9.17, 15) is 0 Å². The zero-order valence-corrected chi connectivity index (χ0v) is 20.0. The fourth-order valence-corrected chi connectivity index (χ4v) is 3.80. The number of hydrogen-bond acceptors (Lipinski definition) is 3. The highest BCUT2D eigenvalue weighted by molar-refractivity contribution is 5.90. The molecule has 0 saturated carbocycles. The first-order chi connectivity index (χ1) is 15.4. The van der Waals surface area contributed by atoms with Crippen molar-refractivity contribution in [3.63, 3.8) is 0 Å². The van der Waals surface area contributed by atoms with Gasteiger partial charge in [-0.15, -0.1) is 0 Å². The van der Waals surface area contributed by atoms with E-state index < -0.39 is 0 Å². The number of fused-ring (bicyclic) bond motifs is 1. The Hall–Kier alpha value is -3.11. The molecule has 0 aliphatic carbocycles. The van der Waals surface area contributed by atoms with Crippen LogP contribution in [0.3, 0.4) is 0 Å². The first-order valence-electron chi connectivity index (χ1n) is 11.3. The summed E-state index contributed by atoms with van der Waals surface area (Å²) in [5, 5.41) is 5.84. The molecule has 2 N–H and O–H groups in total. The number of aromatic amines is 1. The fourth-order valence-electron chi connectivity index (χ4n) is 3.80. The summed E-state index contributed by atoms with van der Waals surface area (Å²) >= 11 is 0. The predicted molar refractivity (Wildman–Crippen MR) is 137 cm³/mol. The minimum Gasteiger partial charge on any atom is -0.497 e. The molecule has 1 heterocycles. The molecule has 2 aromatic carbocycles. The number of ether oxygens (including phenoxy) is 1. The second-order valence-corrected chi connectivity index (χ2v) is 8.66. The minimum absolute atomic E-state index is 0.137. The van der Waals surface area contributed by atoms with E-state index in [1.165, 1.54) is 0 Å². The zero-order valence-electron chi connectivity index (χ0n) is 20.0. The lowest BCUT2D eigenvalue weighted by molar-refractivity contribution is 0.415. The van der Waals surface area contributed by atoms with Crippen molar-refractivity contribution in [1.82, 2.24) is 15.3 Å². The first kappa shape index (κ1) is 23.6. The highest BCUT2D eigenvalue weighted by Gasteiger charge is 2.27. The molecule has 0 unspecified atom stereocenters. The maximum Gasteiger partial charge on any atom is 0.119 e. The third kappa shape index (κ3) is 5.20. The molecule has 1 aromatic heterocycles. The number of methoxy groups -OCH3 is 1. The summed E-state index contributed by atoms with van der Waals surface area (Å²) in [6.45, 7) is 14.4. The van der Waals surface area contributed by atoms with Gasteiger partial charge in [0.1, 0.15) is 11.6 Å². The molecule has 0 fully saturated rings. The molecule has 0 radical (unpaired) electrons. The molecule has 0 aliphatic heterocycles. The molecule has 0 saturated heterocycles. The standard InChI is InChI=1S/C28H35N3O/c1-7-10-20(11-8-2)25-26(31-27(30-25)28(4,5)19-29-16-9-3)23-13-12-22-18-24(32-6)15-14-21(22)17-23/h7-8,10-15,17-18,29H,1,9,16,19H2,2-6H3,(H,30,31)/b11-8-,20-10+. The minimum atomic E-state index is -0.137. The van der Waals surface area contributed by atoms with Crippen LogP contribution in [-0.2, 0) is 5.41 Å². The molecule has 0 amide bonds. The number of benzene rings is 2. The summed E-state index contributed by atoms with van der Waals surface area (Å²) in [5.74, 6) is 1.83. The van der Waals surface area contributed by atoms with Crippen molar-refractivity contribution in [2.45, 2.75) is 39.5 Å². The monoisotopic (exact) mass is 429 g/mol.